The zero-order valence-electron chi connectivity index (χ0n) is 9.58. The standard InChI is InChI=1S/C13H10BrClN2O/c1-8-2-3-10(14)7-11(8)17-13(18)9-4-5-16-12(15)6-9/h2-7H,1H3,(H,17,18). The molecule has 0 saturated heterocycles. The predicted molar refractivity (Wildman–Crippen MR) is 76.1 cm³/mol. The van der Waals surface area contributed by atoms with Gasteiger partial charge < -0.3 is 5.32 Å². The van der Waals surface area contributed by atoms with Crippen LogP contribution in [0.25, 0.3) is 0 Å². The Bertz CT molecular complexity index is 601. The molecule has 0 aliphatic rings. The van der Waals surface area contributed by atoms with Crippen LogP contribution in [-0.2, 0) is 0 Å². The Hall–Kier alpha value is -1.39. The largest absolute Gasteiger partial charge is 0.322 e. The molecule has 92 valence electrons. The highest BCUT2D eigenvalue weighted by molar-refractivity contribution is 9.10. The first-order chi connectivity index (χ1) is 8.56. The van der Waals surface area contributed by atoms with Gasteiger partial charge in [0.05, 0.1) is 0 Å². The number of hydrogen-bond acceptors (Lipinski definition) is 2. The van der Waals surface area contributed by atoms with Gasteiger partial charge in [0.25, 0.3) is 5.91 Å². The van der Waals surface area contributed by atoms with E-state index in [0.29, 0.717) is 10.7 Å². The topological polar surface area (TPSA) is 42.0 Å². The summed E-state index contributed by atoms with van der Waals surface area (Å²) in [5.41, 5.74) is 2.24. The molecule has 0 fully saturated rings. The van der Waals surface area contributed by atoms with Gasteiger partial charge in [-0.2, -0.15) is 0 Å². The number of carbonyl (C=O) groups excluding carboxylic acids is 1. The van der Waals surface area contributed by atoms with Crippen LogP contribution in [-0.4, -0.2) is 10.9 Å². The molecule has 0 bridgehead atoms. The average molecular weight is 326 g/mol. The van der Waals surface area contributed by atoms with Gasteiger partial charge in [0.1, 0.15) is 5.15 Å². The number of hydrogen-bond donors (Lipinski definition) is 1. The van der Waals surface area contributed by atoms with Crippen LogP contribution < -0.4 is 5.32 Å². The van der Waals surface area contributed by atoms with Crippen LogP contribution in [0.4, 0.5) is 5.69 Å². The van der Waals surface area contributed by atoms with Crippen molar-refractivity contribution >= 4 is 39.1 Å². The minimum absolute atomic E-state index is 0.208. The lowest BCUT2D eigenvalue weighted by Gasteiger charge is -2.08. The molecule has 0 saturated carbocycles. The van der Waals surface area contributed by atoms with Crippen LogP contribution >= 0.6 is 27.5 Å². The molecule has 0 aliphatic carbocycles. The summed E-state index contributed by atoms with van der Waals surface area (Å²) in [7, 11) is 0. The monoisotopic (exact) mass is 324 g/mol. The smallest absolute Gasteiger partial charge is 0.255 e. The average Bonchev–Trinajstić information content (AvgIpc) is 2.34. The second-order valence-corrected chi connectivity index (χ2v) is 5.08. The lowest BCUT2D eigenvalue weighted by atomic mass is 10.2. The SMILES string of the molecule is Cc1ccc(Br)cc1NC(=O)c1ccnc(Cl)c1. The number of pyridine rings is 1. The van der Waals surface area contributed by atoms with Gasteiger partial charge in [-0.1, -0.05) is 33.6 Å². The normalized spacial score (nSPS) is 10.2. The molecule has 18 heavy (non-hydrogen) atoms. The van der Waals surface area contributed by atoms with Crippen molar-refractivity contribution in [3.63, 3.8) is 0 Å². The molecule has 5 heteroatoms. The number of aryl methyl sites for hydroxylation is 1. The summed E-state index contributed by atoms with van der Waals surface area (Å²) in [5, 5.41) is 3.14. The molecular weight excluding hydrogens is 316 g/mol. The van der Waals surface area contributed by atoms with E-state index in [2.05, 4.69) is 26.2 Å². The first-order valence-electron chi connectivity index (χ1n) is 5.25. The summed E-state index contributed by atoms with van der Waals surface area (Å²) in [4.78, 5) is 15.9. The van der Waals surface area contributed by atoms with Gasteiger partial charge in [-0.05, 0) is 36.8 Å². The van der Waals surface area contributed by atoms with E-state index in [-0.39, 0.29) is 5.91 Å². The lowest BCUT2D eigenvalue weighted by molar-refractivity contribution is 0.102. The molecule has 1 aromatic carbocycles. The van der Waals surface area contributed by atoms with E-state index >= 15 is 0 Å². The maximum atomic E-state index is 12.0. The third-order valence-corrected chi connectivity index (χ3v) is 3.14. The number of rotatable bonds is 2. The molecular formula is C13H10BrClN2O. The Morgan fingerprint density at radius 1 is 1.33 bits per heavy atom. The second kappa shape index (κ2) is 5.50. The first-order valence-corrected chi connectivity index (χ1v) is 6.42. The summed E-state index contributed by atoms with van der Waals surface area (Å²) in [6.07, 6.45) is 1.50. The lowest BCUT2D eigenvalue weighted by Crippen LogP contribution is -2.12. The molecule has 0 atom stereocenters. The molecule has 2 aromatic rings. The van der Waals surface area contributed by atoms with Crippen molar-refractivity contribution in [2.24, 2.45) is 0 Å². The van der Waals surface area contributed by atoms with Gasteiger partial charge in [-0.3, -0.25) is 4.79 Å². The van der Waals surface area contributed by atoms with Crippen LogP contribution in [0.2, 0.25) is 5.15 Å². The highest BCUT2D eigenvalue weighted by atomic mass is 79.9. The van der Waals surface area contributed by atoms with E-state index in [9.17, 15) is 4.79 Å². The van der Waals surface area contributed by atoms with Gasteiger partial charge in [0.2, 0.25) is 0 Å². The van der Waals surface area contributed by atoms with Crippen molar-refractivity contribution in [1.29, 1.82) is 0 Å². The van der Waals surface area contributed by atoms with Gasteiger partial charge >= 0.3 is 0 Å². The second-order valence-electron chi connectivity index (χ2n) is 3.78. The Morgan fingerprint density at radius 3 is 2.83 bits per heavy atom. The molecule has 2 rings (SSSR count). The van der Waals surface area contributed by atoms with E-state index in [1.54, 1.807) is 6.07 Å². The Labute approximate surface area is 118 Å². The highest BCUT2D eigenvalue weighted by Gasteiger charge is 2.08. The fraction of sp³-hybridized carbons (Fsp3) is 0.0769. The Morgan fingerprint density at radius 2 is 2.11 bits per heavy atom. The highest BCUT2D eigenvalue weighted by Crippen LogP contribution is 2.21. The zero-order chi connectivity index (χ0) is 13.1. The number of amides is 1. The van der Waals surface area contributed by atoms with Gasteiger partial charge in [-0.25, -0.2) is 4.98 Å². The van der Waals surface area contributed by atoms with Crippen molar-refractivity contribution in [1.82, 2.24) is 4.98 Å². The van der Waals surface area contributed by atoms with E-state index in [4.69, 9.17) is 11.6 Å². The summed E-state index contributed by atoms with van der Waals surface area (Å²) in [6, 6.07) is 8.86. The fourth-order valence-electron chi connectivity index (χ4n) is 1.47. The maximum absolute atomic E-state index is 12.0. The number of halogens is 2. The number of anilines is 1. The molecule has 0 radical (unpaired) electrons. The van der Waals surface area contributed by atoms with Crippen molar-refractivity contribution in [2.45, 2.75) is 6.92 Å². The van der Waals surface area contributed by atoms with E-state index in [0.717, 1.165) is 15.7 Å². The minimum atomic E-state index is -0.208. The van der Waals surface area contributed by atoms with Crippen LogP contribution in [0.15, 0.2) is 41.0 Å². The van der Waals surface area contributed by atoms with Gasteiger partial charge in [-0.15, -0.1) is 0 Å². The van der Waals surface area contributed by atoms with Crippen LogP contribution in [0.5, 0.6) is 0 Å². The Kier molecular flexibility index (Phi) is 3.99. The van der Waals surface area contributed by atoms with E-state index in [1.165, 1.54) is 12.3 Å². The molecule has 1 N–H and O–H groups in total. The molecule has 0 spiro atoms. The molecule has 1 amide bonds. The number of carbonyl (C=O) groups is 1. The number of benzene rings is 1. The predicted octanol–water partition coefficient (Wildman–Crippen LogP) is 4.06. The van der Waals surface area contributed by atoms with Crippen molar-refractivity contribution in [3.05, 3.63) is 57.3 Å². The summed E-state index contributed by atoms with van der Waals surface area (Å²) in [6.45, 7) is 1.93. The maximum Gasteiger partial charge on any atom is 0.255 e. The number of nitrogens with one attached hydrogen (secondary N) is 1. The third kappa shape index (κ3) is 3.09. The first kappa shape index (κ1) is 13.1. The fourth-order valence-corrected chi connectivity index (χ4v) is 2.00. The molecule has 0 aliphatic heterocycles. The number of nitrogens with zero attached hydrogens (tertiary/aromatic N) is 1. The van der Waals surface area contributed by atoms with Crippen LogP contribution in [0, 0.1) is 6.92 Å². The van der Waals surface area contributed by atoms with Crippen LogP contribution in [0.3, 0.4) is 0 Å². The van der Waals surface area contributed by atoms with Crippen molar-refractivity contribution < 1.29 is 4.79 Å². The molecule has 0 unspecified atom stereocenters. The third-order valence-electron chi connectivity index (χ3n) is 2.44. The molecule has 1 heterocycles. The van der Waals surface area contributed by atoms with Gasteiger partial charge in [0.15, 0.2) is 0 Å². The minimum Gasteiger partial charge on any atom is -0.322 e. The zero-order valence-corrected chi connectivity index (χ0v) is 11.9. The van der Waals surface area contributed by atoms with Crippen LogP contribution in [0.1, 0.15) is 15.9 Å². The summed E-state index contributed by atoms with van der Waals surface area (Å²) in [5.74, 6) is -0.208. The molecule has 3 nitrogen and oxygen atoms in total. The molecule has 1 aromatic heterocycles. The van der Waals surface area contributed by atoms with E-state index in [1.807, 2.05) is 25.1 Å². The van der Waals surface area contributed by atoms with Gasteiger partial charge in [0, 0.05) is 21.9 Å². The summed E-state index contributed by atoms with van der Waals surface area (Å²) >= 11 is 9.12. The summed E-state index contributed by atoms with van der Waals surface area (Å²) < 4.78 is 0.913. The Balaban J connectivity index is 2.24. The van der Waals surface area contributed by atoms with Crippen molar-refractivity contribution in [3.8, 4) is 0 Å². The number of aromatic nitrogens is 1. The quantitative estimate of drug-likeness (QED) is 0.846. The van der Waals surface area contributed by atoms with Crippen molar-refractivity contribution in [2.75, 3.05) is 5.32 Å². The van der Waals surface area contributed by atoms with E-state index < -0.39 is 0 Å².